The van der Waals surface area contributed by atoms with Gasteiger partial charge in [0.25, 0.3) is 0 Å². The van der Waals surface area contributed by atoms with Crippen LogP contribution in [-0.2, 0) is 21.1 Å². The van der Waals surface area contributed by atoms with Crippen molar-refractivity contribution in [1.29, 1.82) is 0 Å². The first-order chi connectivity index (χ1) is 11.5. The average Bonchev–Trinajstić information content (AvgIpc) is 2.52. The molecule has 1 aromatic carbocycles. The third-order valence-electron chi connectivity index (χ3n) is 4.30. The summed E-state index contributed by atoms with van der Waals surface area (Å²) in [7, 11) is 0. The number of piperidine rings is 1. The highest BCUT2D eigenvalue weighted by molar-refractivity contribution is 5.72. The molecule has 1 aliphatic heterocycles. The van der Waals surface area contributed by atoms with Gasteiger partial charge in [0.15, 0.2) is 0 Å². The predicted octanol–water partition coefficient (Wildman–Crippen LogP) is 4.17. The fourth-order valence-electron chi connectivity index (χ4n) is 2.89. The molecule has 0 radical (unpaired) electrons. The van der Waals surface area contributed by atoms with Gasteiger partial charge in [-0.3, -0.25) is 0 Å². The van der Waals surface area contributed by atoms with E-state index in [4.69, 9.17) is 4.74 Å². The SMILES string of the molecule is CC(C)(C)OC(=O)N1CCC(C=O)(c2cccc(C(F)(F)F)c2)CC1. The van der Waals surface area contributed by atoms with Crippen LogP contribution in [0.5, 0.6) is 0 Å². The van der Waals surface area contributed by atoms with Crippen molar-refractivity contribution >= 4 is 12.4 Å². The Kier molecular flexibility index (Phi) is 5.16. The van der Waals surface area contributed by atoms with Gasteiger partial charge >= 0.3 is 12.3 Å². The number of halogens is 3. The van der Waals surface area contributed by atoms with Crippen LogP contribution in [0.15, 0.2) is 24.3 Å². The van der Waals surface area contributed by atoms with Crippen LogP contribution in [0.1, 0.15) is 44.7 Å². The first-order valence-electron chi connectivity index (χ1n) is 8.09. The zero-order valence-electron chi connectivity index (χ0n) is 14.5. The van der Waals surface area contributed by atoms with Gasteiger partial charge in [-0.05, 0) is 45.2 Å². The zero-order chi connectivity index (χ0) is 18.9. The van der Waals surface area contributed by atoms with E-state index in [0.29, 0.717) is 11.8 Å². The van der Waals surface area contributed by atoms with E-state index in [0.717, 1.165) is 12.1 Å². The normalized spacial score (nSPS) is 17.9. The van der Waals surface area contributed by atoms with Gasteiger partial charge in [-0.2, -0.15) is 13.2 Å². The lowest BCUT2D eigenvalue weighted by Crippen LogP contribution is -2.47. The number of hydrogen-bond acceptors (Lipinski definition) is 3. The van der Waals surface area contributed by atoms with Gasteiger partial charge in [0.2, 0.25) is 0 Å². The van der Waals surface area contributed by atoms with Crippen LogP contribution in [0, 0.1) is 0 Å². The lowest BCUT2D eigenvalue weighted by Gasteiger charge is -2.39. The second kappa shape index (κ2) is 6.69. The van der Waals surface area contributed by atoms with Gasteiger partial charge in [0.05, 0.1) is 11.0 Å². The first-order valence-corrected chi connectivity index (χ1v) is 8.09. The smallest absolute Gasteiger partial charge is 0.416 e. The highest BCUT2D eigenvalue weighted by atomic mass is 19.4. The number of hydrogen-bond donors (Lipinski definition) is 0. The minimum atomic E-state index is -4.46. The van der Waals surface area contributed by atoms with Crippen molar-refractivity contribution in [2.45, 2.75) is 50.8 Å². The third kappa shape index (κ3) is 4.52. The number of nitrogens with zero attached hydrogens (tertiary/aromatic N) is 1. The molecular weight excluding hydrogens is 335 g/mol. The molecule has 1 saturated heterocycles. The van der Waals surface area contributed by atoms with Crippen LogP contribution < -0.4 is 0 Å². The summed E-state index contributed by atoms with van der Waals surface area (Å²) in [5, 5.41) is 0. The monoisotopic (exact) mass is 357 g/mol. The number of carbonyl (C=O) groups is 2. The van der Waals surface area contributed by atoms with Gasteiger partial charge in [0.1, 0.15) is 11.9 Å². The second-order valence-electron chi connectivity index (χ2n) is 7.32. The first kappa shape index (κ1) is 19.3. The summed E-state index contributed by atoms with van der Waals surface area (Å²) < 4.78 is 44.1. The minimum Gasteiger partial charge on any atom is -0.444 e. The Hall–Kier alpha value is -2.05. The van der Waals surface area contributed by atoms with Crippen LogP contribution in [0.25, 0.3) is 0 Å². The average molecular weight is 357 g/mol. The number of rotatable bonds is 2. The molecule has 0 N–H and O–H groups in total. The van der Waals surface area contributed by atoms with Crippen LogP contribution in [0.2, 0.25) is 0 Å². The summed E-state index contributed by atoms with van der Waals surface area (Å²) in [4.78, 5) is 25.3. The lowest BCUT2D eigenvalue weighted by atomic mass is 9.73. The third-order valence-corrected chi connectivity index (χ3v) is 4.30. The van der Waals surface area contributed by atoms with E-state index in [1.165, 1.54) is 17.0 Å². The van der Waals surface area contributed by atoms with Crippen molar-refractivity contribution < 1.29 is 27.5 Å². The van der Waals surface area contributed by atoms with Crippen LogP contribution >= 0.6 is 0 Å². The van der Waals surface area contributed by atoms with Crippen molar-refractivity contribution in [3.05, 3.63) is 35.4 Å². The molecule has 0 aliphatic carbocycles. The molecule has 0 atom stereocenters. The summed E-state index contributed by atoms with van der Waals surface area (Å²) in [5.74, 6) is 0. The van der Waals surface area contributed by atoms with Crippen molar-refractivity contribution in [1.82, 2.24) is 4.90 Å². The maximum absolute atomic E-state index is 12.9. The Balaban J connectivity index is 2.17. The maximum atomic E-state index is 12.9. The fraction of sp³-hybridized carbons (Fsp3) is 0.556. The van der Waals surface area contributed by atoms with Crippen molar-refractivity contribution in [3.63, 3.8) is 0 Å². The lowest BCUT2D eigenvalue weighted by molar-refractivity contribution is -0.137. The number of benzene rings is 1. The quantitative estimate of drug-likeness (QED) is 0.746. The molecule has 0 saturated carbocycles. The number of likely N-dealkylation sites (tertiary alicyclic amines) is 1. The highest BCUT2D eigenvalue weighted by Gasteiger charge is 2.40. The van der Waals surface area contributed by atoms with Crippen LogP contribution in [0.4, 0.5) is 18.0 Å². The van der Waals surface area contributed by atoms with Crippen LogP contribution in [0.3, 0.4) is 0 Å². The standard InChI is InChI=1S/C18H22F3NO3/c1-16(2,3)25-15(24)22-9-7-17(12-23,8-10-22)13-5-4-6-14(11-13)18(19,20)21/h4-6,11-12H,7-10H2,1-3H3. The molecule has 1 fully saturated rings. The summed E-state index contributed by atoms with van der Waals surface area (Å²) >= 11 is 0. The molecule has 1 amide bonds. The van der Waals surface area contributed by atoms with E-state index in [1.54, 1.807) is 20.8 Å². The Labute approximate surface area is 144 Å². The van der Waals surface area contributed by atoms with Gasteiger partial charge in [0, 0.05) is 13.1 Å². The Morgan fingerprint density at radius 1 is 1.20 bits per heavy atom. The Morgan fingerprint density at radius 3 is 2.28 bits per heavy atom. The van der Waals surface area contributed by atoms with E-state index in [-0.39, 0.29) is 25.9 Å². The van der Waals surface area contributed by atoms with E-state index < -0.39 is 28.8 Å². The Bertz CT molecular complexity index is 642. The topological polar surface area (TPSA) is 46.6 Å². The molecule has 1 heterocycles. The van der Waals surface area contributed by atoms with E-state index in [9.17, 15) is 22.8 Å². The van der Waals surface area contributed by atoms with Gasteiger partial charge < -0.3 is 14.4 Å². The van der Waals surface area contributed by atoms with Crippen molar-refractivity contribution in [3.8, 4) is 0 Å². The van der Waals surface area contributed by atoms with Gasteiger partial charge in [-0.25, -0.2) is 4.79 Å². The van der Waals surface area contributed by atoms with E-state index in [1.807, 2.05) is 0 Å². The molecule has 1 aromatic rings. The number of alkyl halides is 3. The molecule has 25 heavy (non-hydrogen) atoms. The highest BCUT2D eigenvalue weighted by Crippen LogP contribution is 2.37. The van der Waals surface area contributed by atoms with E-state index >= 15 is 0 Å². The summed E-state index contributed by atoms with van der Waals surface area (Å²) in [6.07, 6.45) is -3.71. The summed E-state index contributed by atoms with van der Waals surface area (Å²) in [6, 6.07) is 4.85. The molecular formula is C18H22F3NO3. The number of amides is 1. The van der Waals surface area contributed by atoms with E-state index in [2.05, 4.69) is 0 Å². The molecule has 7 heteroatoms. The molecule has 0 bridgehead atoms. The molecule has 0 unspecified atom stereocenters. The van der Waals surface area contributed by atoms with Crippen LogP contribution in [-0.4, -0.2) is 36.0 Å². The minimum absolute atomic E-state index is 0.254. The molecule has 0 aromatic heterocycles. The van der Waals surface area contributed by atoms with Gasteiger partial charge in [-0.15, -0.1) is 0 Å². The van der Waals surface area contributed by atoms with Crippen molar-refractivity contribution in [2.75, 3.05) is 13.1 Å². The molecule has 1 aliphatic rings. The largest absolute Gasteiger partial charge is 0.444 e. The molecule has 4 nitrogen and oxygen atoms in total. The zero-order valence-corrected chi connectivity index (χ0v) is 14.5. The number of ether oxygens (including phenoxy) is 1. The maximum Gasteiger partial charge on any atom is 0.416 e. The predicted molar refractivity (Wildman–Crippen MR) is 86.2 cm³/mol. The number of aldehydes is 1. The summed E-state index contributed by atoms with van der Waals surface area (Å²) in [6.45, 7) is 5.78. The Morgan fingerprint density at radius 2 is 1.80 bits per heavy atom. The summed E-state index contributed by atoms with van der Waals surface area (Å²) in [5.41, 5.74) is -2.08. The molecule has 138 valence electrons. The molecule has 2 rings (SSSR count). The second-order valence-corrected chi connectivity index (χ2v) is 7.32. The molecule has 0 spiro atoms. The number of carbonyl (C=O) groups excluding carboxylic acids is 2. The fourth-order valence-corrected chi connectivity index (χ4v) is 2.89. The van der Waals surface area contributed by atoms with Gasteiger partial charge in [-0.1, -0.05) is 18.2 Å². The van der Waals surface area contributed by atoms with Crippen molar-refractivity contribution in [2.24, 2.45) is 0 Å².